The van der Waals surface area contributed by atoms with E-state index in [2.05, 4.69) is 0 Å². The van der Waals surface area contributed by atoms with Gasteiger partial charge < -0.3 is 10.5 Å². The molecule has 0 atom stereocenters. The molecule has 1 rings (SSSR count). The molecule has 0 aliphatic heterocycles. The Morgan fingerprint density at radius 2 is 2.07 bits per heavy atom. The number of methoxy groups -OCH3 is 1. The molecule has 1 aromatic rings. The summed E-state index contributed by atoms with van der Waals surface area (Å²) in [5, 5.41) is 0. The summed E-state index contributed by atoms with van der Waals surface area (Å²) in [7, 11) is -1.50. The van der Waals surface area contributed by atoms with Gasteiger partial charge in [0.2, 0.25) is 0 Å². The molecule has 84 valence electrons. The van der Waals surface area contributed by atoms with Crippen LogP contribution in [0.2, 0.25) is 0 Å². The fourth-order valence-corrected chi connectivity index (χ4v) is 2.11. The van der Waals surface area contributed by atoms with E-state index in [-0.39, 0.29) is 11.5 Å². The number of ether oxygens (including phenoxy) is 1. The van der Waals surface area contributed by atoms with E-state index in [0.29, 0.717) is 17.0 Å². The molecule has 0 unspecified atom stereocenters. The molecule has 0 fully saturated rings. The molecule has 0 saturated carbocycles. The zero-order chi connectivity index (χ0) is 11.5. The number of sulfone groups is 1. The monoisotopic (exact) mass is 229 g/mol. The Bertz CT molecular complexity index is 440. The number of benzene rings is 1. The highest BCUT2D eigenvalue weighted by molar-refractivity contribution is 7.90. The van der Waals surface area contributed by atoms with Crippen LogP contribution in [0, 0.1) is 0 Å². The second-order valence-corrected chi connectivity index (χ2v) is 5.59. The lowest BCUT2D eigenvalue weighted by molar-refractivity contribution is 0.415. The first-order valence-electron chi connectivity index (χ1n) is 4.61. The quantitative estimate of drug-likeness (QED) is 0.788. The van der Waals surface area contributed by atoms with Crippen molar-refractivity contribution in [1.29, 1.82) is 0 Å². The topological polar surface area (TPSA) is 69.4 Å². The van der Waals surface area contributed by atoms with E-state index in [1.54, 1.807) is 25.1 Å². The fourth-order valence-electron chi connectivity index (χ4n) is 1.17. The summed E-state index contributed by atoms with van der Waals surface area (Å²) < 4.78 is 27.8. The first kappa shape index (κ1) is 11.8. The molecule has 1 aromatic carbocycles. The Morgan fingerprint density at radius 1 is 1.40 bits per heavy atom. The van der Waals surface area contributed by atoms with E-state index in [1.165, 1.54) is 7.11 Å². The van der Waals surface area contributed by atoms with Crippen molar-refractivity contribution in [2.75, 3.05) is 18.6 Å². The van der Waals surface area contributed by atoms with Crippen molar-refractivity contribution in [3.8, 4) is 5.75 Å². The molecule has 4 nitrogen and oxygen atoms in total. The molecule has 0 heterocycles. The lowest BCUT2D eigenvalue weighted by Gasteiger charge is -2.07. The summed E-state index contributed by atoms with van der Waals surface area (Å²) in [5.41, 5.74) is 6.79. The van der Waals surface area contributed by atoms with Crippen LogP contribution in [0.15, 0.2) is 18.2 Å². The molecule has 5 heteroatoms. The maximum atomic E-state index is 11.4. The van der Waals surface area contributed by atoms with Crippen LogP contribution in [-0.2, 0) is 15.6 Å². The maximum Gasteiger partial charge on any atom is 0.154 e. The van der Waals surface area contributed by atoms with Gasteiger partial charge >= 0.3 is 0 Å². The van der Waals surface area contributed by atoms with Crippen LogP contribution in [0.25, 0.3) is 0 Å². The van der Waals surface area contributed by atoms with Gasteiger partial charge in [-0.2, -0.15) is 0 Å². The Balaban J connectivity index is 2.97. The second kappa shape index (κ2) is 4.53. The molecule has 0 aromatic heterocycles. The van der Waals surface area contributed by atoms with Crippen LogP contribution in [0.3, 0.4) is 0 Å². The van der Waals surface area contributed by atoms with Crippen molar-refractivity contribution < 1.29 is 13.2 Å². The van der Waals surface area contributed by atoms with Crippen molar-refractivity contribution in [1.82, 2.24) is 0 Å². The van der Waals surface area contributed by atoms with Gasteiger partial charge in [0.1, 0.15) is 5.75 Å². The van der Waals surface area contributed by atoms with Gasteiger partial charge in [0.05, 0.1) is 12.9 Å². The van der Waals surface area contributed by atoms with E-state index in [1.807, 2.05) is 0 Å². The normalized spacial score (nSPS) is 11.3. The first-order valence-corrected chi connectivity index (χ1v) is 6.43. The van der Waals surface area contributed by atoms with E-state index in [0.717, 1.165) is 0 Å². The molecule has 0 saturated heterocycles. The van der Waals surface area contributed by atoms with Crippen molar-refractivity contribution in [2.45, 2.75) is 12.7 Å². The Kier molecular flexibility index (Phi) is 3.57. The Hall–Kier alpha value is -1.23. The lowest BCUT2D eigenvalue weighted by atomic mass is 10.2. The van der Waals surface area contributed by atoms with Crippen molar-refractivity contribution in [2.24, 2.45) is 0 Å². The van der Waals surface area contributed by atoms with Gasteiger partial charge in [0, 0.05) is 17.5 Å². The van der Waals surface area contributed by atoms with E-state index in [4.69, 9.17) is 10.5 Å². The molecule has 0 aliphatic rings. The molecule has 0 radical (unpaired) electrons. The number of hydrogen-bond donors (Lipinski definition) is 1. The summed E-state index contributed by atoms with van der Waals surface area (Å²) in [4.78, 5) is 0. The summed E-state index contributed by atoms with van der Waals surface area (Å²) in [6, 6.07) is 5.01. The molecule has 15 heavy (non-hydrogen) atoms. The number of hydrogen-bond acceptors (Lipinski definition) is 4. The van der Waals surface area contributed by atoms with Gasteiger partial charge in [-0.25, -0.2) is 8.42 Å². The van der Waals surface area contributed by atoms with Gasteiger partial charge in [0.25, 0.3) is 0 Å². The third-order valence-corrected chi connectivity index (χ3v) is 3.80. The molecule has 0 spiro atoms. The molecule has 2 N–H and O–H groups in total. The van der Waals surface area contributed by atoms with Gasteiger partial charge in [-0.1, -0.05) is 13.0 Å². The van der Waals surface area contributed by atoms with Crippen LogP contribution < -0.4 is 10.5 Å². The van der Waals surface area contributed by atoms with Crippen LogP contribution in [0.5, 0.6) is 5.75 Å². The predicted molar refractivity (Wildman–Crippen MR) is 60.6 cm³/mol. The smallest absolute Gasteiger partial charge is 0.154 e. The molecular formula is C10H15NO3S. The van der Waals surface area contributed by atoms with Crippen LogP contribution in [0.1, 0.15) is 12.5 Å². The van der Waals surface area contributed by atoms with Gasteiger partial charge in [0.15, 0.2) is 9.84 Å². The average Bonchev–Trinajstić information content (AvgIpc) is 2.21. The number of nitrogen functional groups attached to an aromatic ring is 1. The highest BCUT2D eigenvalue weighted by Crippen LogP contribution is 2.21. The zero-order valence-electron chi connectivity index (χ0n) is 8.86. The van der Waals surface area contributed by atoms with Gasteiger partial charge in [-0.15, -0.1) is 0 Å². The van der Waals surface area contributed by atoms with Gasteiger partial charge in [-0.05, 0) is 11.6 Å². The highest BCUT2D eigenvalue weighted by Gasteiger charge is 2.11. The minimum absolute atomic E-state index is 0.0146. The fraction of sp³-hybridized carbons (Fsp3) is 0.400. The van der Waals surface area contributed by atoms with Crippen LogP contribution in [-0.4, -0.2) is 21.3 Å². The predicted octanol–water partition coefficient (Wildman–Crippen LogP) is 1.21. The summed E-state index contributed by atoms with van der Waals surface area (Å²) in [5.74, 6) is 0.739. The van der Waals surface area contributed by atoms with E-state index < -0.39 is 9.84 Å². The first-order chi connectivity index (χ1) is 6.98. The summed E-state index contributed by atoms with van der Waals surface area (Å²) in [6.45, 7) is 1.62. The van der Waals surface area contributed by atoms with Crippen molar-refractivity contribution in [3.05, 3.63) is 23.8 Å². The van der Waals surface area contributed by atoms with Crippen molar-refractivity contribution in [3.63, 3.8) is 0 Å². The molecule has 0 bridgehead atoms. The zero-order valence-corrected chi connectivity index (χ0v) is 9.67. The number of rotatable bonds is 4. The van der Waals surface area contributed by atoms with E-state index in [9.17, 15) is 8.42 Å². The SMILES string of the molecule is CCS(=O)(=O)Cc1ccc(OC)cc1N. The third-order valence-electron chi connectivity index (χ3n) is 2.17. The lowest BCUT2D eigenvalue weighted by Crippen LogP contribution is -2.08. The minimum atomic E-state index is -3.04. The maximum absolute atomic E-state index is 11.4. The largest absolute Gasteiger partial charge is 0.497 e. The second-order valence-electron chi connectivity index (χ2n) is 3.24. The third kappa shape index (κ3) is 3.13. The minimum Gasteiger partial charge on any atom is -0.497 e. The standard InChI is InChI=1S/C10H15NO3S/c1-3-15(12,13)7-8-4-5-9(14-2)6-10(8)11/h4-6H,3,7,11H2,1-2H3. The molecular weight excluding hydrogens is 214 g/mol. The number of anilines is 1. The summed E-state index contributed by atoms with van der Waals surface area (Å²) >= 11 is 0. The molecule has 0 aliphatic carbocycles. The van der Waals surface area contributed by atoms with E-state index >= 15 is 0 Å². The Morgan fingerprint density at radius 3 is 2.53 bits per heavy atom. The Labute approximate surface area is 90.0 Å². The average molecular weight is 229 g/mol. The summed E-state index contributed by atoms with van der Waals surface area (Å²) in [6.07, 6.45) is 0. The van der Waals surface area contributed by atoms with Crippen LogP contribution in [0.4, 0.5) is 5.69 Å². The molecule has 0 amide bonds. The number of nitrogens with two attached hydrogens (primary N) is 1. The van der Waals surface area contributed by atoms with Crippen molar-refractivity contribution >= 4 is 15.5 Å². The van der Waals surface area contributed by atoms with Crippen LogP contribution >= 0.6 is 0 Å². The van der Waals surface area contributed by atoms with Gasteiger partial charge in [-0.3, -0.25) is 0 Å². The highest BCUT2D eigenvalue weighted by atomic mass is 32.2.